The van der Waals surface area contributed by atoms with Gasteiger partial charge in [-0.05, 0) is 35.7 Å². The SMILES string of the molecule is COc1cccc2nnn(CC(=O)C[C@@H](C)c3ccc(OC(F)F)cc3)c(=O)c12. The zero-order valence-electron chi connectivity index (χ0n) is 15.8. The van der Waals surface area contributed by atoms with Gasteiger partial charge in [-0.1, -0.05) is 30.3 Å². The van der Waals surface area contributed by atoms with Crippen LogP contribution in [0.4, 0.5) is 8.78 Å². The summed E-state index contributed by atoms with van der Waals surface area (Å²) in [6.07, 6.45) is 0.146. The van der Waals surface area contributed by atoms with Crippen LogP contribution < -0.4 is 15.0 Å². The molecule has 0 saturated heterocycles. The third-order valence-electron chi connectivity index (χ3n) is 4.47. The Hall–Kier alpha value is -3.36. The summed E-state index contributed by atoms with van der Waals surface area (Å²) < 4.78 is 35.0. The van der Waals surface area contributed by atoms with E-state index in [1.54, 1.807) is 30.3 Å². The molecule has 7 nitrogen and oxygen atoms in total. The van der Waals surface area contributed by atoms with E-state index in [1.165, 1.54) is 19.2 Å². The van der Waals surface area contributed by atoms with Crippen molar-refractivity contribution in [3.63, 3.8) is 0 Å². The smallest absolute Gasteiger partial charge is 0.387 e. The fraction of sp³-hybridized carbons (Fsp3) is 0.300. The largest absolute Gasteiger partial charge is 0.496 e. The standard InChI is InChI=1S/C20H19F2N3O4/c1-12(13-6-8-15(9-7-13)29-20(21)22)10-14(26)11-25-19(27)18-16(23-24-25)4-3-5-17(18)28-2/h3-9,12,20H,10-11H2,1-2H3/t12-/m1/s1. The van der Waals surface area contributed by atoms with E-state index in [9.17, 15) is 18.4 Å². The van der Waals surface area contributed by atoms with Gasteiger partial charge in [-0.25, -0.2) is 4.68 Å². The number of carbonyl (C=O) groups is 1. The Morgan fingerprint density at radius 2 is 1.90 bits per heavy atom. The first-order chi connectivity index (χ1) is 13.9. The number of Topliss-reactive ketones (excluding diaryl/α,β-unsaturated/α-hetero) is 1. The summed E-state index contributed by atoms with van der Waals surface area (Å²) in [7, 11) is 1.45. The lowest BCUT2D eigenvalue weighted by Crippen LogP contribution is -2.28. The molecule has 1 atom stereocenters. The van der Waals surface area contributed by atoms with Crippen LogP contribution in [-0.4, -0.2) is 34.5 Å². The average molecular weight is 403 g/mol. The van der Waals surface area contributed by atoms with Gasteiger partial charge < -0.3 is 9.47 Å². The maximum Gasteiger partial charge on any atom is 0.387 e. The van der Waals surface area contributed by atoms with Crippen LogP contribution in [0.15, 0.2) is 47.3 Å². The molecule has 0 fully saturated rings. The summed E-state index contributed by atoms with van der Waals surface area (Å²) in [5.41, 5.74) is 0.720. The Kier molecular flexibility index (Phi) is 6.16. The molecule has 9 heteroatoms. The summed E-state index contributed by atoms with van der Waals surface area (Å²) in [4.78, 5) is 25.1. The Labute approximate surface area is 164 Å². The summed E-state index contributed by atoms with van der Waals surface area (Å²) >= 11 is 0. The van der Waals surface area contributed by atoms with E-state index in [1.807, 2.05) is 6.92 Å². The number of ketones is 1. The van der Waals surface area contributed by atoms with Crippen molar-refractivity contribution < 1.29 is 23.0 Å². The van der Waals surface area contributed by atoms with Crippen LogP contribution in [0.1, 0.15) is 24.8 Å². The van der Waals surface area contributed by atoms with E-state index in [2.05, 4.69) is 15.0 Å². The zero-order chi connectivity index (χ0) is 21.0. The van der Waals surface area contributed by atoms with Crippen LogP contribution in [0.5, 0.6) is 11.5 Å². The molecule has 0 unspecified atom stereocenters. The van der Waals surface area contributed by atoms with Crippen LogP contribution in [0.2, 0.25) is 0 Å². The normalized spacial score (nSPS) is 12.2. The molecule has 1 aromatic heterocycles. The maximum absolute atomic E-state index is 12.7. The highest BCUT2D eigenvalue weighted by atomic mass is 19.3. The fourth-order valence-corrected chi connectivity index (χ4v) is 3.03. The molecule has 0 aliphatic rings. The number of alkyl halides is 2. The molecule has 0 spiro atoms. The van der Waals surface area contributed by atoms with Crippen LogP contribution >= 0.6 is 0 Å². The van der Waals surface area contributed by atoms with Gasteiger partial charge in [0.05, 0.1) is 7.11 Å². The number of ether oxygens (including phenoxy) is 2. The Balaban J connectivity index is 1.72. The molecule has 0 N–H and O–H groups in total. The molecule has 29 heavy (non-hydrogen) atoms. The number of nitrogens with zero attached hydrogens (tertiary/aromatic N) is 3. The first kappa shape index (κ1) is 20.4. The van der Waals surface area contributed by atoms with Crippen LogP contribution in [0.25, 0.3) is 10.9 Å². The molecule has 3 rings (SSSR count). The molecule has 1 heterocycles. The van der Waals surface area contributed by atoms with Crippen molar-refractivity contribution in [3.05, 3.63) is 58.4 Å². The van der Waals surface area contributed by atoms with Gasteiger partial charge in [0.15, 0.2) is 5.78 Å². The minimum absolute atomic E-state index is 0.0502. The molecular formula is C20H19F2N3O4. The van der Waals surface area contributed by atoms with E-state index < -0.39 is 12.2 Å². The second kappa shape index (κ2) is 8.76. The van der Waals surface area contributed by atoms with Gasteiger partial charge in [-0.2, -0.15) is 8.78 Å². The number of rotatable bonds is 8. The van der Waals surface area contributed by atoms with Crippen molar-refractivity contribution in [1.82, 2.24) is 15.0 Å². The molecule has 152 valence electrons. The fourth-order valence-electron chi connectivity index (χ4n) is 3.03. The highest BCUT2D eigenvalue weighted by molar-refractivity contribution is 5.84. The predicted octanol–water partition coefficient (Wildman–Crippen LogP) is 3.16. The molecule has 3 aromatic rings. The zero-order valence-corrected chi connectivity index (χ0v) is 15.8. The number of hydrogen-bond acceptors (Lipinski definition) is 6. The van der Waals surface area contributed by atoms with Crippen LogP contribution in [0.3, 0.4) is 0 Å². The van der Waals surface area contributed by atoms with E-state index in [4.69, 9.17) is 4.74 Å². The van der Waals surface area contributed by atoms with Gasteiger partial charge >= 0.3 is 6.61 Å². The predicted molar refractivity (Wildman–Crippen MR) is 101 cm³/mol. The summed E-state index contributed by atoms with van der Waals surface area (Å²) in [5.74, 6) is 0.0232. The number of fused-ring (bicyclic) bond motifs is 1. The van der Waals surface area contributed by atoms with Gasteiger partial charge in [-0.15, -0.1) is 5.10 Å². The van der Waals surface area contributed by atoms with E-state index in [0.717, 1.165) is 10.2 Å². The molecule has 0 aliphatic carbocycles. The monoisotopic (exact) mass is 403 g/mol. The van der Waals surface area contributed by atoms with Crippen molar-refractivity contribution in [2.45, 2.75) is 32.4 Å². The number of hydrogen-bond donors (Lipinski definition) is 0. The van der Waals surface area contributed by atoms with Crippen molar-refractivity contribution in [2.24, 2.45) is 0 Å². The van der Waals surface area contributed by atoms with Gasteiger partial charge in [0.2, 0.25) is 0 Å². The number of carbonyl (C=O) groups excluding carboxylic acids is 1. The van der Waals surface area contributed by atoms with Crippen molar-refractivity contribution in [3.8, 4) is 11.5 Å². The van der Waals surface area contributed by atoms with Gasteiger partial charge in [0.1, 0.15) is 28.9 Å². The average Bonchev–Trinajstić information content (AvgIpc) is 2.69. The summed E-state index contributed by atoms with van der Waals surface area (Å²) in [5, 5.41) is 8.08. The lowest BCUT2D eigenvalue weighted by molar-refractivity contribution is -0.120. The lowest BCUT2D eigenvalue weighted by atomic mass is 9.95. The van der Waals surface area contributed by atoms with Crippen molar-refractivity contribution in [2.75, 3.05) is 7.11 Å². The molecule has 0 amide bonds. The molecule has 2 aromatic carbocycles. The van der Waals surface area contributed by atoms with Gasteiger partial charge in [-0.3, -0.25) is 9.59 Å². The minimum atomic E-state index is -2.89. The lowest BCUT2D eigenvalue weighted by Gasteiger charge is -2.13. The Bertz CT molecular complexity index is 1070. The minimum Gasteiger partial charge on any atom is -0.496 e. The molecule has 0 radical (unpaired) electrons. The number of benzene rings is 2. The quantitative estimate of drug-likeness (QED) is 0.575. The van der Waals surface area contributed by atoms with Crippen molar-refractivity contribution >= 4 is 16.7 Å². The van der Waals surface area contributed by atoms with Crippen LogP contribution in [-0.2, 0) is 11.3 Å². The molecular weight excluding hydrogens is 384 g/mol. The molecule has 0 bridgehead atoms. The summed E-state index contributed by atoms with van der Waals surface area (Å²) in [6, 6.07) is 11.1. The van der Waals surface area contributed by atoms with Gasteiger partial charge in [0.25, 0.3) is 5.56 Å². The Morgan fingerprint density at radius 1 is 1.17 bits per heavy atom. The van der Waals surface area contributed by atoms with Gasteiger partial charge in [0, 0.05) is 6.42 Å². The summed E-state index contributed by atoms with van der Waals surface area (Å²) in [6.45, 7) is -1.28. The first-order valence-corrected chi connectivity index (χ1v) is 8.86. The first-order valence-electron chi connectivity index (χ1n) is 8.86. The van der Waals surface area contributed by atoms with E-state index >= 15 is 0 Å². The highest BCUT2D eigenvalue weighted by Gasteiger charge is 2.16. The number of halogens is 2. The number of methoxy groups -OCH3 is 1. The van der Waals surface area contributed by atoms with E-state index in [-0.39, 0.29) is 35.8 Å². The Morgan fingerprint density at radius 3 is 2.55 bits per heavy atom. The highest BCUT2D eigenvalue weighted by Crippen LogP contribution is 2.23. The second-order valence-corrected chi connectivity index (χ2v) is 6.50. The van der Waals surface area contributed by atoms with Crippen molar-refractivity contribution in [1.29, 1.82) is 0 Å². The molecule has 0 aliphatic heterocycles. The maximum atomic E-state index is 12.7. The van der Waals surface area contributed by atoms with Crippen LogP contribution in [0, 0.1) is 0 Å². The molecule has 0 saturated carbocycles. The van der Waals surface area contributed by atoms with E-state index in [0.29, 0.717) is 11.3 Å². The second-order valence-electron chi connectivity index (χ2n) is 6.50. The third-order valence-corrected chi connectivity index (χ3v) is 4.47. The number of aromatic nitrogens is 3. The third kappa shape index (κ3) is 4.74. The topological polar surface area (TPSA) is 83.3 Å².